The Morgan fingerprint density at radius 1 is 0.939 bits per heavy atom. The van der Waals surface area contributed by atoms with E-state index in [0.29, 0.717) is 27.3 Å². The Morgan fingerprint density at radius 3 is 2.00 bits per heavy atom. The van der Waals surface area contributed by atoms with E-state index in [1.54, 1.807) is 36.4 Å². The molecular weight excluding hydrogens is 492 g/mol. The molecule has 2 aromatic carbocycles. The first kappa shape index (κ1) is 26.5. The van der Waals surface area contributed by atoms with Gasteiger partial charge in [0.05, 0.1) is 19.3 Å². The number of hydrogen-bond acceptors (Lipinski definition) is 5. The molecule has 8 heteroatoms. The molecule has 2 N–H and O–H groups in total. The second-order valence-electron chi connectivity index (χ2n) is 8.44. The van der Waals surface area contributed by atoms with Crippen LogP contribution in [0.4, 0.5) is 0 Å². The van der Waals surface area contributed by atoms with Gasteiger partial charge in [-0.15, -0.1) is 0 Å². The van der Waals surface area contributed by atoms with Crippen LogP contribution in [0, 0.1) is 5.41 Å². The molecule has 0 bridgehead atoms. The van der Waals surface area contributed by atoms with Crippen molar-refractivity contribution in [3.05, 3.63) is 52.0 Å². The first-order valence-corrected chi connectivity index (χ1v) is 11.5. The Balaban J connectivity index is 2.32. The molecule has 0 amide bonds. The van der Waals surface area contributed by atoms with E-state index in [1.165, 1.54) is 7.11 Å². The van der Waals surface area contributed by atoms with Gasteiger partial charge in [0.15, 0.2) is 16.9 Å². The van der Waals surface area contributed by atoms with Crippen LogP contribution in [-0.4, -0.2) is 41.5 Å². The van der Waals surface area contributed by atoms with Gasteiger partial charge in [0.2, 0.25) is 0 Å². The van der Waals surface area contributed by atoms with Gasteiger partial charge in [0.1, 0.15) is 5.75 Å². The summed E-state index contributed by atoms with van der Waals surface area (Å²) in [7, 11) is 1.53. The number of benzene rings is 2. The van der Waals surface area contributed by atoms with Crippen molar-refractivity contribution in [1.29, 1.82) is 0 Å². The fourth-order valence-corrected chi connectivity index (χ4v) is 3.99. The van der Waals surface area contributed by atoms with Gasteiger partial charge in [-0.25, -0.2) is 0 Å². The Hall–Kier alpha value is -2.74. The number of halogens is 1. The van der Waals surface area contributed by atoms with Gasteiger partial charge in [-0.1, -0.05) is 28.1 Å². The van der Waals surface area contributed by atoms with Crippen LogP contribution < -0.4 is 14.2 Å². The van der Waals surface area contributed by atoms with Crippen LogP contribution in [0.25, 0.3) is 0 Å². The lowest BCUT2D eigenvalue weighted by atomic mass is 9.77. The summed E-state index contributed by atoms with van der Waals surface area (Å²) in [6, 6.07) is 10.4. The number of rotatable bonds is 12. The quantitative estimate of drug-likeness (QED) is 0.361. The van der Waals surface area contributed by atoms with Crippen molar-refractivity contribution < 1.29 is 34.0 Å². The number of hydrogen-bond donors (Lipinski definition) is 2. The molecule has 0 atom stereocenters. The zero-order valence-electron chi connectivity index (χ0n) is 19.6. The van der Waals surface area contributed by atoms with E-state index in [9.17, 15) is 19.8 Å². The zero-order valence-corrected chi connectivity index (χ0v) is 21.1. The molecule has 0 spiro atoms. The van der Waals surface area contributed by atoms with Gasteiger partial charge >= 0.3 is 11.9 Å². The van der Waals surface area contributed by atoms with E-state index in [1.807, 2.05) is 27.7 Å². The van der Waals surface area contributed by atoms with Gasteiger partial charge in [-0.05, 0) is 82.3 Å². The smallest absolute Gasteiger partial charge is 0.321 e. The summed E-state index contributed by atoms with van der Waals surface area (Å²) >= 11 is 3.48. The second-order valence-corrected chi connectivity index (χ2v) is 9.30. The van der Waals surface area contributed by atoms with Crippen LogP contribution in [0.2, 0.25) is 0 Å². The maximum atomic E-state index is 12.2. The van der Waals surface area contributed by atoms with Crippen molar-refractivity contribution in [2.75, 3.05) is 7.11 Å². The Kier molecular flexibility index (Phi) is 9.16. The molecule has 0 saturated carbocycles. The number of aryl methyl sites for hydroxylation is 1. The molecule has 0 aromatic heterocycles. The third kappa shape index (κ3) is 6.87. The Labute approximate surface area is 202 Å². The van der Waals surface area contributed by atoms with Crippen molar-refractivity contribution >= 4 is 27.9 Å². The lowest BCUT2D eigenvalue weighted by molar-refractivity contribution is -0.165. The average Bonchev–Trinajstić information content (AvgIpc) is 2.72. The fourth-order valence-electron chi connectivity index (χ4n) is 3.47. The lowest BCUT2D eigenvalue weighted by Crippen LogP contribution is -2.42. The third-order valence-corrected chi connectivity index (χ3v) is 5.87. The summed E-state index contributed by atoms with van der Waals surface area (Å²) in [6.07, 6.45) is -0.128. The lowest BCUT2D eigenvalue weighted by Gasteiger charge is -2.26. The maximum Gasteiger partial charge on any atom is 0.321 e. The highest BCUT2D eigenvalue weighted by Gasteiger charge is 2.46. The largest absolute Gasteiger partial charge is 0.493 e. The SMILES string of the molecule is COc1cc(Br)c(CCC(Cc2ccc(OC(C)C)cc2)(C(=O)O)C(=O)O)cc1OC(C)C. The van der Waals surface area contributed by atoms with Crippen LogP contribution in [0.15, 0.2) is 40.9 Å². The molecule has 33 heavy (non-hydrogen) atoms. The molecule has 0 aliphatic heterocycles. The first-order chi connectivity index (χ1) is 15.5. The van der Waals surface area contributed by atoms with Gasteiger partial charge in [-0.2, -0.15) is 0 Å². The molecule has 0 fully saturated rings. The molecule has 0 radical (unpaired) electrons. The molecule has 0 heterocycles. The monoisotopic (exact) mass is 522 g/mol. The van der Waals surface area contributed by atoms with Crippen molar-refractivity contribution in [3.63, 3.8) is 0 Å². The highest BCUT2D eigenvalue weighted by Crippen LogP contribution is 2.37. The standard InChI is InChI=1S/C25H31BrO7/c1-15(2)32-19-8-6-17(7-9-19)14-25(23(27)28,24(29)30)11-10-18-12-22(33-16(3)4)21(31-5)13-20(18)26/h6-9,12-13,15-16H,10-11,14H2,1-5H3,(H,27,28)(H,29,30). The van der Waals surface area contributed by atoms with E-state index >= 15 is 0 Å². The molecule has 0 aliphatic carbocycles. The van der Waals surface area contributed by atoms with Gasteiger partial charge < -0.3 is 24.4 Å². The summed E-state index contributed by atoms with van der Waals surface area (Å²) in [4.78, 5) is 24.5. The highest BCUT2D eigenvalue weighted by molar-refractivity contribution is 9.10. The Bertz CT molecular complexity index is 953. The van der Waals surface area contributed by atoms with Gasteiger partial charge in [0.25, 0.3) is 0 Å². The highest BCUT2D eigenvalue weighted by atomic mass is 79.9. The molecule has 0 saturated heterocycles. The number of methoxy groups -OCH3 is 1. The molecule has 2 rings (SSSR count). The van der Waals surface area contributed by atoms with Crippen molar-refractivity contribution in [1.82, 2.24) is 0 Å². The molecule has 0 aliphatic rings. The van der Waals surface area contributed by atoms with Crippen LogP contribution >= 0.6 is 15.9 Å². The third-order valence-electron chi connectivity index (χ3n) is 5.14. The van der Waals surface area contributed by atoms with E-state index < -0.39 is 17.4 Å². The number of carboxylic acids is 2. The predicted octanol–water partition coefficient (Wildman–Crippen LogP) is 5.36. The first-order valence-electron chi connectivity index (χ1n) is 10.7. The summed E-state index contributed by atoms with van der Waals surface area (Å²) in [5, 5.41) is 19.9. The molecule has 0 unspecified atom stereocenters. The summed E-state index contributed by atoms with van der Waals surface area (Å²) in [6.45, 7) is 7.59. The predicted molar refractivity (Wildman–Crippen MR) is 128 cm³/mol. The number of aliphatic carboxylic acids is 2. The van der Waals surface area contributed by atoms with E-state index in [-0.39, 0.29) is 31.5 Å². The number of ether oxygens (including phenoxy) is 3. The van der Waals surface area contributed by atoms with E-state index in [4.69, 9.17) is 14.2 Å². The van der Waals surface area contributed by atoms with Gasteiger partial charge in [-0.3, -0.25) is 9.59 Å². The van der Waals surface area contributed by atoms with Crippen molar-refractivity contribution in [2.24, 2.45) is 5.41 Å². The average molecular weight is 523 g/mol. The van der Waals surface area contributed by atoms with Crippen LogP contribution in [0.1, 0.15) is 45.2 Å². The summed E-state index contributed by atoms with van der Waals surface area (Å²) < 4.78 is 17.5. The second kappa shape index (κ2) is 11.4. The van der Waals surface area contributed by atoms with Crippen molar-refractivity contribution in [3.8, 4) is 17.2 Å². The minimum absolute atomic E-state index is 0.000453. The topological polar surface area (TPSA) is 102 Å². The van der Waals surface area contributed by atoms with Crippen LogP contribution in [-0.2, 0) is 22.4 Å². The molecule has 2 aromatic rings. The molecular formula is C25H31BrO7. The van der Waals surface area contributed by atoms with Gasteiger partial charge in [0, 0.05) is 4.47 Å². The van der Waals surface area contributed by atoms with Crippen LogP contribution in [0.3, 0.4) is 0 Å². The van der Waals surface area contributed by atoms with E-state index in [0.717, 1.165) is 5.56 Å². The minimum atomic E-state index is -1.99. The summed E-state index contributed by atoms with van der Waals surface area (Å²) in [5.41, 5.74) is -0.647. The number of carbonyl (C=O) groups is 2. The maximum absolute atomic E-state index is 12.2. The van der Waals surface area contributed by atoms with Crippen LogP contribution in [0.5, 0.6) is 17.2 Å². The van der Waals surface area contributed by atoms with E-state index in [2.05, 4.69) is 15.9 Å². The fraction of sp³-hybridized carbons (Fsp3) is 0.440. The molecule has 7 nitrogen and oxygen atoms in total. The van der Waals surface area contributed by atoms with Crippen molar-refractivity contribution in [2.45, 2.75) is 59.2 Å². The normalized spacial score (nSPS) is 11.5. The minimum Gasteiger partial charge on any atom is -0.493 e. The zero-order chi connectivity index (χ0) is 24.8. The number of carboxylic acid groups (broad SMARTS) is 2. The summed E-state index contributed by atoms with van der Waals surface area (Å²) in [5.74, 6) is -1.06. The Morgan fingerprint density at radius 2 is 1.52 bits per heavy atom. The molecule has 180 valence electrons.